The van der Waals surface area contributed by atoms with Crippen LogP contribution in [0, 0.1) is 0 Å². The van der Waals surface area contributed by atoms with Crippen molar-refractivity contribution in [3.05, 3.63) is 48.5 Å². The summed E-state index contributed by atoms with van der Waals surface area (Å²) in [6.07, 6.45) is 0. The maximum Gasteiger partial charge on any atom is 0.136 e. The highest BCUT2D eigenvalue weighted by Gasteiger charge is 2.09. The van der Waals surface area contributed by atoms with Crippen molar-refractivity contribution in [2.24, 2.45) is 0 Å². The summed E-state index contributed by atoms with van der Waals surface area (Å²) in [6, 6.07) is 16.4. The predicted molar refractivity (Wildman–Crippen MR) is 91.8 cm³/mol. The third-order valence-electron chi connectivity index (χ3n) is 4.01. The van der Waals surface area contributed by atoms with Crippen LogP contribution in [-0.2, 0) is 0 Å². The van der Waals surface area contributed by atoms with Crippen LogP contribution in [0.2, 0.25) is 0 Å². The molecule has 0 unspecified atom stereocenters. The van der Waals surface area contributed by atoms with Crippen LogP contribution in [0.3, 0.4) is 0 Å². The van der Waals surface area contributed by atoms with Crippen molar-refractivity contribution in [3.63, 3.8) is 0 Å². The summed E-state index contributed by atoms with van der Waals surface area (Å²) in [5.41, 5.74) is 3.18. The Morgan fingerprint density at radius 3 is 2.32 bits per heavy atom. The lowest BCUT2D eigenvalue weighted by Crippen LogP contribution is -2.21. The number of benzene rings is 2. The first-order valence-electron chi connectivity index (χ1n) is 7.68. The van der Waals surface area contributed by atoms with E-state index in [4.69, 9.17) is 9.15 Å². The lowest BCUT2D eigenvalue weighted by atomic mass is 10.1. The summed E-state index contributed by atoms with van der Waals surface area (Å²) in [5.74, 6) is 1.73. The van der Waals surface area contributed by atoms with E-state index in [0.717, 1.165) is 41.1 Å². The van der Waals surface area contributed by atoms with E-state index in [0.29, 0.717) is 0 Å². The second-order valence-electron chi connectivity index (χ2n) is 5.23. The molecule has 0 saturated carbocycles. The maximum absolute atomic E-state index is 6.04. The summed E-state index contributed by atoms with van der Waals surface area (Å²) in [4.78, 5) is 2.31. The highest BCUT2D eigenvalue weighted by atomic mass is 16.5. The molecule has 0 saturated heterocycles. The minimum absolute atomic E-state index is 0.851. The third-order valence-corrected chi connectivity index (χ3v) is 4.01. The van der Waals surface area contributed by atoms with Crippen LogP contribution < -0.4 is 9.64 Å². The van der Waals surface area contributed by atoms with E-state index < -0.39 is 0 Å². The molecule has 3 nitrogen and oxygen atoms in total. The Balaban J connectivity index is 1.98. The molecular formula is C19H21NO2. The van der Waals surface area contributed by atoms with E-state index in [1.807, 2.05) is 24.3 Å². The van der Waals surface area contributed by atoms with Gasteiger partial charge in [0.1, 0.15) is 17.1 Å². The lowest BCUT2D eigenvalue weighted by Gasteiger charge is -2.20. The summed E-state index contributed by atoms with van der Waals surface area (Å²) >= 11 is 0. The molecular weight excluding hydrogens is 274 g/mol. The number of nitrogens with zero attached hydrogens (tertiary/aromatic N) is 1. The largest absolute Gasteiger partial charge is 0.497 e. The van der Waals surface area contributed by atoms with Gasteiger partial charge in [-0.2, -0.15) is 0 Å². The normalized spacial score (nSPS) is 10.9. The van der Waals surface area contributed by atoms with Crippen molar-refractivity contribution >= 4 is 16.7 Å². The fourth-order valence-electron chi connectivity index (χ4n) is 2.70. The van der Waals surface area contributed by atoms with Gasteiger partial charge in [-0.15, -0.1) is 0 Å². The van der Waals surface area contributed by atoms with Gasteiger partial charge in [-0.3, -0.25) is 0 Å². The van der Waals surface area contributed by atoms with Crippen LogP contribution >= 0.6 is 0 Å². The molecule has 0 spiro atoms. The molecule has 0 fully saturated rings. The summed E-state index contributed by atoms with van der Waals surface area (Å²) in [6.45, 7) is 6.32. The molecule has 0 N–H and O–H groups in total. The average Bonchev–Trinajstić information content (AvgIpc) is 2.99. The Kier molecular flexibility index (Phi) is 4.05. The lowest BCUT2D eigenvalue weighted by molar-refractivity contribution is 0.415. The number of fused-ring (bicyclic) bond motifs is 1. The van der Waals surface area contributed by atoms with E-state index in [1.54, 1.807) is 7.11 Å². The van der Waals surface area contributed by atoms with Crippen molar-refractivity contribution in [1.82, 2.24) is 0 Å². The van der Waals surface area contributed by atoms with E-state index in [-0.39, 0.29) is 0 Å². The predicted octanol–water partition coefficient (Wildman–Crippen LogP) is 4.95. The van der Waals surface area contributed by atoms with Crippen molar-refractivity contribution in [2.45, 2.75) is 13.8 Å². The van der Waals surface area contributed by atoms with Crippen LogP contribution in [-0.4, -0.2) is 20.2 Å². The molecule has 0 aliphatic carbocycles. The second kappa shape index (κ2) is 6.14. The molecule has 1 aromatic heterocycles. The Morgan fingerprint density at radius 1 is 0.955 bits per heavy atom. The van der Waals surface area contributed by atoms with Crippen LogP contribution in [0.1, 0.15) is 13.8 Å². The zero-order valence-electron chi connectivity index (χ0n) is 13.3. The number of hydrogen-bond acceptors (Lipinski definition) is 3. The van der Waals surface area contributed by atoms with Crippen molar-refractivity contribution in [1.29, 1.82) is 0 Å². The molecule has 0 radical (unpaired) electrons. The second-order valence-corrected chi connectivity index (χ2v) is 5.23. The molecule has 2 aromatic carbocycles. The number of hydrogen-bond donors (Lipinski definition) is 0. The Bertz CT molecular complexity index is 755. The van der Waals surface area contributed by atoms with Gasteiger partial charge in [-0.1, -0.05) is 0 Å². The van der Waals surface area contributed by atoms with Gasteiger partial charge >= 0.3 is 0 Å². The highest BCUT2D eigenvalue weighted by molar-refractivity contribution is 5.85. The quantitative estimate of drug-likeness (QED) is 0.665. The van der Waals surface area contributed by atoms with Gasteiger partial charge < -0.3 is 14.1 Å². The van der Waals surface area contributed by atoms with Crippen LogP contribution in [0.5, 0.6) is 5.75 Å². The molecule has 3 rings (SSSR count). The smallest absolute Gasteiger partial charge is 0.136 e. The van der Waals surface area contributed by atoms with Crippen molar-refractivity contribution in [2.75, 3.05) is 25.1 Å². The first-order chi connectivity index (χ1) is 10.7. The average molecular weight is 295 g/mol. The topological polar surface area (TPSA) is 25.6 Å². The Labute approximate surface area is 131 Å². The number of rotatable bonds is 5. The summed E-state index contributed by atoms with van der Waals surface area (Å²) < 4.78 is 11.2. The summed E-state index contributed by atoms with van der Waals surface area (Å²) in [7, 11) is 1.67. The maximum atomic E-state index is 6.04. The van der Waals surface area contributed by atoms with Crippen molar-refractivity contribution in [3.8, 4) is 17.1 Å². The Morgan fingerprint density at radius 2 is 1.68 bits per heavy atom. The van der Waals surface area contributed by atoms with E-state index >= 15 is 0 Å². The standard InChI is InChI=1S/C19H21NO2/c1-4-20(5-2)16-9-6-15-12-18(22-19(15)13-16)14-7-10-17(21-3)11-8-14/h6-13H,4-5H2,1-3H3. The number of anilines is 1. The third kappa shape index (κ3) is 2.67. The SMILES string of the molecule is CCN(CC)c1ccc2cc(-c3ccc(OC)cc3)oc2c1. The van der Waals surface area contributed by atoms with Gasteiger partial charge in [-0.25, -0.2) is 0 Å². The van der Waals surface area contributed by atoms with Gasteiger partial charge in [0.15, 0.2) is 0 Å². The molecule has 0 aliphatic heterocycles. The fraction of sp³-hybridized carbons (Fsp3) is 0.263. The minimum Gasteiger partial charge on any atom is -0.497 e. The molecule has 3 heteroatoms. The van der Waals surface area contributed by atoms with E-state index in [2.05, 4.69) is 43.0 Å². The summed E-state index contributed by atoms with van der Waals surface area (Å²) in [5, 5.41) is 1.13. The molecule has 0 bridgehead atoms. The van der Waals surface area contributed by atoms with Crippen LogP contribution in [0.25, 0.3) is 22.3 Å². The molecule has 114 valence electrons. The first kappa shape index (κ1) is 14.5. The Hall–Kier alpha value is -2.42. The molecule has 0 atom stereocenters. The van der Waals surface area contributed by atoms with Gasteiger partial charge in [0.25, 0.3) is 0 Å². The molecule has 3 aromatic rings. The van der Waals surface area contributed by atoms with E-state index in [1.165, 1.54) is 5.69 Å². The molecule has 22 heavy (non-hydrogen) atoms. The van der Waals surface area contributed by atoms with E-state index in [9.17, 15) is 0 Å². The monoisotopic (exact) mass is 295 g/mol. The fourth-order valence-corrected chi connectivity index (χ4v) is 2.70. The highest BCUT2D eigenvalue weighted by Crippen LogP contribution is 2.31. The van der Waals surface area contributed by atoms with Gasteiger partial charge in [0, 0.05) is 35.8 Å². The van der Waals surface area contributed by atoms with Crippen LogP contribution in [0.15, 0.2) is 52.9 Å². The minimum atomic E-state index is 0.851. The molecule has 1 heterocycles. The zero-order valence-corrected chi connectivity index (χ0v) is 13.3. The van der Waals surface area contributed by atoms with Crippen LogP contribution in [0.4, 0.5) is 5.69 Å². The molecule has 0 amide bonds. The van der Waals surface area contributed by atoms with Crippen molar-refractivity contribution < 1.29 is 9.15 Å². The number of furan rings is 1. The van der Waals surface area contributed by atoms with Gasteiger partial charge in [-0.05, 0) is 56.3 Å². The van der Waals surface area contributed by atoms with Gasteiger partial charge in [0.2, 0.25) is 0 Å². The molecule has 0 aliphatic rings. The van der Waals surface area contributed by atoms with Gasteiger partial charge in [0.05, 0.1) is 7.11 Å². The number of ether oxygens (including phenoxy) is 1. The first-order valence-corrected chi connectivity index (χ1v) is 7.68. The number of methoxy groups -OCH3 is 1. The zero-order chi connectivity index (χ0) is 15.5.